The van der Waals surface area contributed by atoms with Crippen LogP contribution in [0.5, 0.6) is 0 Å². The lowest BCUT2D eigenvalue weighted by Gasteiger charge is -2.16. The summed E-state index contributed by atoms with van der Waals surface area (Å²) in [4.78, 5) is 8.58. The van der Waals surface area contributed by atoms with Crippen LogP contribution >= 0.6 is 0 Å². The molecule has 5 nitrogen and oxygen atoms in total. The molecule has 84 valence electrons. The molecule has 0 aromatic carbocycles. The second-order valence-electron chi connectivity index (χ2n) is 3.46. The number of nitrogens with zero attached hydrogens (tertiary/aromatic N) is 2. The van der Waals surface area contributed by atoms with E-state index in [-0.39, 0.29) is 6.04 Å². The van der Waals surface area contributed by atoms with Crippen LogP contribution < -0.4 is 11.1 Å². The van der Waals surface area contributed by atoms with Crippen LogP contribution in [0.25, 0.3) is 0 Å². The normalized spacial score (nSPS) is 12.5. The predicted molar refractivity (Wildman–Crippen MR) is 59.8 cm³/mol. The number of nitrogens with two attached hydrogens (primary N) is 1. The molecule has 0 radical (unpaired) electrons. The van der Waals surface area contributed by atoms with Gasteiger partial charge in [-0.1, -0.05) is 0 Å². The maximum atomic E-state index is 5.58. The average molecular weight is 210 g/mol. The number of rotatable bonds is 5. The molecule has 1 aromatic rings. The molecule has 0 bridgehead atoms. The Labute approximate surface area is 90.1 Å². The third-order valence-electron chi connectivity index (χ3n) is 2.20. The Morgan fingerprint density at radius 1 is 1.47 bits per heavy atom. The minimum absolute atomic E-state index is 0.0754. The van der Waals surface area contributed by atoms with Gasteiger partial charge in [0.05, 0.1) is 30.2 Å². The first kappa shape index (κ1) is 11.9. The second kappa shape index (κ2) is 5.63. The van der Waals surface area contributed by atoms with Gasteiger partial charge < -0.3 is 15.8 Å². The molecule has 0 amide bonds. The highest BCUT2D eigenvalue weighted by Gasteiger charge is 2.07. The molecular weight excluding hydrogens is 192 g/mol. The van der Waals surface area contributed by atoms with E-state index < -0.39 is 0 Å². The molecule has 0 saturated carbocycles. The molecule has 3 N–H and O–H groups in total. The van der Waals surface area contributed by atoms with Gasteiger partial charge in [0.25, 0.3) is 0 Å². The molecular formula is C10H18N4O. The Bertz CT molecular complexity index is 316. The first-order valence-electron chi connectivity index (χ1n) is 4.93. The van der Waals surface area contributed by atoms with Gasteiger partial charge in [0.1, 0.15) is 5.82 Å². The Kier molecular flexibility index (Phi) is 4.45. The Hall–Kier alpha value is -1.20. The maximum Gasteiger partial charge on any atom is 0.145 e. The lowest BCUT2D eigenvalue weighted by Crippen LogP contribution is -2.33. The number of aryl methyl sites for hydroxylation is 2. The summed E-state index contributed by atoms with van der Waals surface area (Å²) in [5, 5.41) is 3.17. The van der Waals surface area contributed by atoms with Gasteiger partial charge in [-0.15, -0.1) is 0 Å². The van der Waals surface area contributed by atoms with Gasteiger partial charge in [-0.2, -0.15) is 0 Å². The van der Waals surface area contributed by atoms with E-state index in [1.54, 1.807) is 13.3 Å². The second-order valence-corrected chi connectivity index (χ2v) is 3.46. The zero-order valence-electron chi connectivity index (χ0n) is 9.45. The van der Waals surface area contributed by atoms with Crippen molar-refractivity contribution in [3.8, 4) is 0 Å². The Balaban J connectivity index is 2.66. The minimum Gasteiger partial charge on any atom is -0.383 e. The van der Waals surface area contributed by atoms with Crippen LogP contribution in [0.2, 0.25) is 0 Å². The number of hydrogen-bond acceptors (Lipinski definition) is 5. The lowest BCUT2D eigenvalue weighted by molar-refractivity contribution is 0.187. The van der Waals surface area contributed by atoms with Gasteiger partial charge in [-0.25, -0.2) is 4.98 Å². The van der Waals surface area contributed by atoms with Crippen LogP contribution in [0.4, 0.5) is 5.82 Å². The van der Waals surface area contributed by atoms with Crippen LogP contribution in [-0.2, 0) is 4.74 Å². The quantitative estimate of drug-likeness (QED) is 0.739. The first-order chi connectivity index (χ1) is 7.17. The summed E-state index contributed by atoms with van der Waals surface area (Å²) < 4.78 is 5.03. The van der Waals surface area contributed by atoms with Crippen molar-refractivity contribution in [2.75, 3.05) is 25.6 Å². The van der Waals surface area contributed by atoms with Crippen LogP contribution in [0.3, 0.4) is 0 Å². The molecule has 1 atom stereocenters. The molecule has 1 rings (SSSR count). The average Bonchev–Trinajstić information content (AvgIpc) is 2.23. The van der Waals surface area contributed by atoms with E-state index in [9.17, 15) is 0 Å². The highest BCUT2D eigenvalue weighted by atomic mass is 16.5. The van der Waals surface area contributed by atoms with Gasteiger partial charge in [0.15, 0.2) is 0 Å². The molecule has 1 heterocycles. The Morgan fingerprint density at radius 2 is 2.20 bits per heavy atom. The summed E-state index contributed by atoms with van der Waals surface area (Å²) >= 11 is 0. The van der Waals surface area contributed by atoms with E-state index in [0.29, 0.717) is 13.2 Å². The molecule has 0 saturated heterocycles. The fourth-order valence-corrected chi connectivity index (χ4v) is 1.19. The molecule has 0 aliphatic rings. The molecule has 0 aliphatic heterocycles. The lowest BCUT2D eigenvalue weighted by atomic mass is 10.3. The SMILES string of the molecule is COCC(CN)Nc1cnc(C)c(C)n1. The fraction of sp³-hybridized carbons (Fsp3) is 0.600. The molecule has 0 fully saturated rings. The summed E-state index contributed by atoms with van der Waals surface area (Å²) in [5.74, 6) is 0.741. The highest BCUT2D eigenvalue weighted by Crippen LogP contribution is 2.06. The first-order valence-corrected chi connectivity index (χ1v) is 4.93. The molecule has 1 unspecified atom stereocenters. The summed E-state index contributed by atoms with van der Waals surface area (Å²) in [6.07, 6.45) is 1.71. The van der Waals surface area contributed by atoms with E-state index in [2.05, 4.69) is 15.3 Å². The van der Waals surface area contributed by atoms with E-state index in [4.69, 9.17) is 10.5 Å². The third-order valence-corrected chi connectivity index (χ3v) is 2.20. The number of anilines is 1. The number of hydrogen-bond donors (Lipinski definition) is 2. The highest BCUT2D eigenvalue weighted by molar-refractivity contribution is 5.34. The number of ether oxygens (including phenoxy) is 1. The number of methoxy groups -OCH3 is 1. The molecule has 0 spiro atoms. The predicted octanol–water partition coefficient (Wildman–Crippen LogP) is 0.479. The summed E-state index contributed by atoms with van der Waals surface area (Å²) in [6, 6.07) is 0.0754. The van der Waals surface area contributed by atoms with E-state index >= 15 is 0 Å². The van der Waals surface area contributed by atoms with Gasteiger partial charge in [0, 0.05) is 13.7 Å². The summed E-state index contributed by atoms with van der Waals surface area (Å²) in [7, 11) is 1.65. The topological polar surface area (TPSA) is 73.1 Å². The van der Waals surface area contributed by atoms with Crippen LogP contribution in [0, 0.1) is 13.8 Å². The molecule has 0 aliphatic carbocycles. The molecule has 15 heavy (non-hydrogen) atoms. The largest absolute Gasteiger partial charge is 0.383 e. The molecule has 1 aromatic heterocycles. The monoisotopic (exact) mass is 210 g/mol. The van der Waals surface area contributed by atoms with Crippen molar-refractivity contribution < 1.29 is 4.74 Å². The zero-order chi connectivity index (χ0) is 11.3. The summed E-state index contributed by atoms with van der Waals surface area (Å²) in [5.41, 5.74) is 7.45. The van der Waals surface area contributed by atoms with Crippen molar-refractivity contribution >= 4 is 5.82 Å². The van der Waals surface area contributed by atoms with E-state index in [1.165, 1.54) is 0 Å². The van der Waals surface area contributed by atoms with Crippen LogP contribution in [0.1, 0.15) is 11.4 Å². The van der Waals surface area contributed by atoms with Gasteiger partial charge in [-0.05, 0) is 13.8 Å². The van der Waals surface area contributed by atoms with Gasteiger partial charge in [0.2, 0.25) is 0 Å². The van der Waals surface area contributed by atoms with Gasteiger partial charge >= 0.3 is 0 Å². The Morgan fingerprint density at radius 3 is 2.73 bits per heavy atom. The number of nitrogens with one attached hydrogen (secondary N) is 1. The van der Waals surface area contributed by atoms with E-state index in [1.807, 2.05) is 13.8 Å². The van der Waals surface area contributed by atoms with Crippen LogP contribution in [0.15, 0.2) is 6.20 Å². The fourth-order valence-electron chi connectivity index (χ4n) is 1.19. The summed E-state index contributed by atoms with van der Waals surface area (Å²) in [6.45, 7) is 4.93. The van der Waals surface area contributed by atoms with Crippen molar-refractivity contribution in [2.45, 2.75) is 19.9 Å². The van der Waals surface area contributed by atoms with E-state index in [0.717, 1.165) is 17.2 Å². The third kappa shape index (κ3) is 3.45. The van der Waals surface area contributed by atoms with Crippen molar-refractivity contribution in [2.24, 2.45) is 5.73 Å². The standard InChI is InChI=1S/C10H18N4O/c1-7-8(2)13-10(5-12-7)14-9(4-11)6-15-3/h5,9H,4,6,11H2,1-3H3,(H,13,14). The minimum atomic E-state index is 0.0754. The number of aromatic nitrogens is 2. The van der Waals surface area contributed by atoms with Crippen LogP contribution in [-0.4, -0.2) is 36.3 Å². The zero-order valence-corrected chi connectivity index (χ0v) is 9.45. The van der Waals surface area contributed by atoms with Crippen molar-refractivity contribution in [3.05, 3.63) is 17.6 Å². The van der Waals surface area contributed by atoms with Crippen molar-refractivity contribution in [1.82, 2.24) is 9.97 Å². The van der Waals surface area contributed by atoms with Crippen molar-refractivity contribution in [3.63, 3.8) is 0 Å². The smallest absolute Gasteiger partial charge is 0.145 e. The van der Waals surface area contributed by atoms with Gasteiger partial charge in [-0.3, -0.25) is 4.98 Å². The maximum absolute atomic E-state index is 5.58. The molecule has 5 heteroatoms. The van der Waals surface area contributed by atoms with Crippen molar-refractivity contribution in [1.29, 1.82) is 0 Å².